The van der Waals surface area contributed by atoms with Crippen LogP contribution in [0.15, 0.2) is 24.3 Å². The third-order valence-electron chi connectivity index (χ3n) is 3.31. The number of carbonyl (C=O) groups excluding carboxylic acids is 1. The van der Waals surface area contributed by atoms with Crippen LogP contribution in [0, 0.1) is 0 Å². The molecule has 104 valence electrons. The Balaban J connectivity index is 2.06. The third-order valence-corrected chi connectivity index (χ3v) is 3.55. The lowest BCUT2D eigenvalue weighted by Gasteiger charge is -2.43. The molecule has 0 aromatic heterocycles. The van der Waals surface area contributed by atoms with Crippen molar-refractivity contribution >= 4 is 23.3 Å². The minimum atomic E-state index is -0.0793. The summed E-state index contributed by atoms with van der Waals surface area (Å²) in [6.45, 7) is 7.72. The zero-order chi connectivity index (χ0) is 14.0. The summed E-state index contributed by atoms with van der Waals surface area (Å²) >= 11 is 5.91. The van der Waals surface area contributed by atoms with Crippen LogP contribution < -0.4 is 10.6 Å². The minimum Gasteiger partial charge on any atom is -0.319 e. The first kappa shape index (κ1) is 14.2. The molecule has 1 aromatic carbocycles. The molecule has 1 aliphatic rings. The average Bonchev–Trinajstić information content (AvgIpc) is 2.32. The van der Waals surface area contributed by atoms with E-state index in [0.29, 0.717) is 11.6 Å². The lowest BCUT2D eigenvalue weighted by atomic mass is 10.00. The Morgan fingerprint density at radius 2 is 2.26 bits per heavy atom. The number of urea groups is 1. The molecule has 0 aliphatic carbocycles. The molecule has 1 fully saturated rings. The van der Waals surface area contributed by atoms with Crippen molar-refractivity contribution in [2.75, 3.05) is 18.4 Å². The average molecular weight is 282 g/mol. The Morgan fingerprint density at radius 3 is 2.95 bits per heavy atom. The Bertz CT molecular complexity index is 476. The highest BCUT2D eigenvalue weighted by Gasteiger charge is 2.33. The van der Waals surface area contributed by atoms with E-state index in [9.17, 15) is 4.79 Å². The molecule has 0 bridgehead atoms. The molecule has 19 heavy (non-hydrogen) atoms. The van der Waals surface area contributed by atoms with Gasteiger partial charge >= 0.3 is 6.03 Å². The number of anilines is 1. The Hall–Kier alpha value is -1.26. The van der Waals surface area contributed by atoms with Gasteiger partial charge in [0.15, 0.2) is 0 Å². The van der Waals surface area contributed by atoms with E-state index in [1.807, 2.05) is 24.0 Å². The van der Waals surface area contributed by atoms with E-state index in [0.717, 1.165) is 12.2 Å². The van der Waals surface area contributed by atoms with Crippen LogP contribution in [0.3, 0.4) is 0 Å². The maximum absolute atomic E-state index is 12.3. The van der Waals surface area contributed by atoms with E-state index in [1.165, 1.54) is 0 Å². The SMILES string of the molecule is CC1CNC(C)(C)CN1C(=O)Nc1cccc(Cl)c1. The fourth-order valence-electron chi connectivity index (χ4n) is 2.21. The lowest BCUT2D eigenvalue weighted by molar-refractivity contribution is 0.130. The molecule has 2 amide bonds. The van der Waals surface area contributed by atoms with E-state index < -0.39 is 0 Å². The van der Waals surface area contributed by atoms with E-state index in [2.05, 4.69) is 24.5 Å². The fourth-order valence-corrected chi connectivity index (χ4v) is 2.40. The molecule has 1 aromatic rings. The van der Waals surface area contributed by atoms with Crippen LogP contribution in [0.2, 0.25) is 5.02 Å². The van der Waals surface area contributed by atoms with E-state index in [1.54, 1.807) is 12.1 Å². The molecule has 2 N–H and O–H groups in total. The largest absolute Gasteiger partial charge is 0.322 e. The first-order valence-electron chi connectivity index (χ1n) is 6.46. The number of piperazine rings is 1. The van der Waals surface area contributed by atoms with Crippen molar-refractivity contribution in [3.05, 3.63) is 29.3 Å². The third kappa shape index (κ3) is 3.61. The van der Waals surface area contributed by atoms with Gasteiger partial charge in [0.25, 0.3) is 0 Å². The summed E-state index contributed by atoms with van der Waals surface area (Å²) in [4.78, 5) is 14.2. The van der Waals surface area contributed by atoms with Gasteiger partial charge in [-0.05, 0) is 39.0 Å². The molecular weight excluding hydrogens is 262 g/mol. The number of amides is 2. The van der Waals surface area contributed by atoms with E-state index in [-0.39, 0.29) is 17.6 Å². The number of carbonyl (C=O) groups is 1. The van der Waals surface area contributed by atoms with E-state index in [4.69, 9.17) is 11.6 Å². The van der Waals surface area contributed by atoms with Crippen molar-refractivity contribution in [2.24, 2.45) is 0 Å². The number of hydrogen-bond donors (Lipinski definition) is 2. The first-order valence-corrected chi connectivity index (χ1v) is 6.83. The fraction of sp³-hybridized carbons (Fsp3) is 0.500. The van der Waals surface area contributed by atoms with E-state index >= 15 is 0 Å². The number of benzene rings is 1. The highest BCUT2D eigenvalue weighted by Crippen LogP contribution is 2.19. The van der Waals surface area contributed by atoms with Crippen molar-refractivity contribution in [1.82, 2.24) is 10.2 Å². The molecule has 0 saturated carbocycles. The van der Waals surface area contributed by atoms with Crippen LogP contribution in [-0.4, -0.2) is 35.6 Å². The molecule has 1 unspecified atom stereocenters. The second-order valence-electron chi connectivity index (χ2n) is 5.68. The van der Waals surface area contributed by atoms with Gasteiger partial charge in [-0.25, -0.2) is 4.79 Å². The predicted octanol–water partition coefficient (Wildman–Crippen LogP) is 2.94. The van der Waals surface area contributed by atoms with Crippen molar-refractivity contribution in [1.29, 1.82) is 0 Å². The normalized spacial score (nSPS) is 22.1. The number of nitrogens with zero attached hydrogens (tertiary/aromatic N) is 1. The molecule has 1 atom stereocenters. The van der Waals surface area contributed by atoms with Gasteiger partial charge < -0.3 is 15.5 Å². The molecule has 2 rings (SSSR count). The van der Waals surface area contributed by atoms with Gasteiger partial charge in [-0.1, -0.05) is 17.7 Å². The molecule has 5 heteroatoms. The molecule has 1 heterocycles. The van der Waals surface area contributed by atoms with Crippen LogP contribution in [0.1, 0.15) is 20.8 Å². The second kappa shape index (κ2) is 5.39. The molecule has 1 saturated heterocycles. The van der Waals surface area contributed by atoms with Gasteiger partial charge in [0.1, 0.15) is 0 Å². The van der Waals surface area contributed by atoms with Crippen LogP contribution in [0.25, 0.3) is 0 Å². The Kier molecular flexibility index (Phi) is 4.02. The number of rotatable bonds is 1. The van der Waals surface area contributed by atoms with Crippen molar-refractivity contribution < 1.29 is 4.79 Å². The quantitative estimate of drug-likeness (QED) is 0.831. The highest BCUT2D eigenvalue weighted by atomic mass is 35.5. The van der Waals surface area contributed by atoms with Crippen LogP contribution in [0.5, 0.6) is 0 Å². The summed E-state index contributed by atoms with van der Waals surface area (Å²) < 4.78 is 0. The topological polar surface area (TPSA) is 44.4 Å². The van der Waals surface area contributed by atoms with Gasteiger partial charge in [0.05, 0.1) is 0 Å². The smallest absolute Gasteiger partial charge is 0.319 e. The predicted molar refractivity (Wildman–Crippen MR) is 78.7 cm³/mol. The summed E-state index contributed by atoms with van der Waals surface area (Å²) in [6.07, 6.45) is 0. The monoisotopic (exact) mass is 281 g/mol. The van der Waals surface area contributed by atoms with Gasteiger partial charge in [0.2, 0.25) is 0 Å². The molecule has 0 radical (unpaired) electrons. The van der Waals surface area contributed by atoms with Crippen molar-refractivity contribution in [3.8, 4) is 0 Å². The maximum atomic E-state index is 12.3. The first-order chi connectivity index (χ1) is 8.87. The zero-order valence-electron chi connectivity index (χ0n) is 11.5. The summed E-state index contributed by atoms with van der Waals surface area (Å²) in [5.74, 6) is 0. The second-order valence-corrected chi connectivity index (χ2v) is 6.12. The van der Waals surface area contributed by atoms with Crippen molar-refractivity contribution in [2.45, 2.75) is 32.4 Å². The van der Waals surface area contributed by atoms with Gasteiger partial charge in [0, 0.05) is 35.4 Å². The Morgan fingerprint density at radius 1 is 1.53 bits per heavy atom. The van der Waals surface area contributed by atoms with Gasteiger partial charge in [-0.15, -0.1) is 0 Å². The summed E-state index contributed by atoms with van der Waals surface area (Å²) in [5, 5.41) is 6.94. The van der Waals surface area contributed by atoms with Gasteiger partial charge in [-0.2, -0.15) is 0 Å². The Labute approximate surface area is 119 Å². The number of halogens is 1. The van der Waals surface area contributed by atoms with Crippen LogP contribution in [0.4, 0.5) is 10.5 Å². The van der Waals surface area contributed by atoms with Crippen molar-refractivity contribution in [3.63, 3.8) is 0 Å². The van der Waals surface area contributed by atoms with Gasteiger partial charge in [-0.3, -0.25) is 0 Å². The summed E-state index contributed by atoms with van der Waals surface area (Å²) in [6, 6.07) is 7.28. The molecule has 0 spiro atoms. The molecular formula is C14H20ClN3O. The number of nitrogens with one attached hydrogen (secondary N) is 2. The summed E-state index contributed by atoms with van der Waals surface area (Å²) in [7, 11) is 0. The standard InChI is InChI=1S/C14H20ClN3O/c1-10-8-16-14(2,3)9-18(10)13(19)17-12-6-4-5-11(15)7-12/h4-7,10,16H,8-9H2,1-3H3,(H,17,19). The highest BCUT2D eigenvalue weighted by molar-refractivity contribution is 6.30. The zero-order valence-corrected chi connectivity index (χ0v) is 12.3. The maximum Gasteiger partial charge on any atom is 0.322 e. The molecule has 4 nitrogen and oxygen atoms in total. The molecule has 1 aliphatic heterocycles. The van der Waals surface area contributed by atoms with Crippen LogP contribution in [-0.2, 0) is 0 Å². The number of hydrogen-bond acceptors (Lipinski definition) is 2. The lowest BCUT2D eigenvalue weighted by Crippen LogP contribution is -2.62. The summed E-state index contributed by atoms with van der Waals surface area (Å²) in [5.41, 5.74) is 0.666. The minimum absolute atomic E-state index is 0.0574. The van der Waals surface area contributed by atoms with Crippen LogP contribution >= 0.6 is 11.6 Å².